The van der Waals surface area contributed by atoms with Crippen molar-refractivity contribution >= 4 is 40.5 Å². The van der Waals surface area contributed by atoms with Gasteiger partial charge in [-0.15, -0.1) is 0 Å². The Hall–Kier alpha value is -2.51. The number of esters is 1. The molecule has 0 heterocycles. The molecule has 0 aliphatic carbocycles. The van der Waals surface area contributed by atoms with Gasteiger partial charge in [0.15, 0.2) is 0 Å². The van der Waals surface area contributed by atoms with Crippen LogP contribution in [0.4, 0.5) is 11.4 Å². The fraction of sp³-hybridized carbons (Fsp3) is 0.188. The van der Waals surface area contributed by atoms with Crippen LogP contribution in [0.2, 0.25) is 10.0 Å². The third-order valence-corrected chi connectivity index (χ3v) is 3.74. The van der Waals surface area contributed by atoms with Gasteiger partial charge in [-0.1, -0.05) is 23.2 Å². The number of carbonyl (C=O) groups excluding carboxylic acids is 1. The Morgan fingerprint density at radius 2 is 1.96 bits per heavy atom. The Morgan fingerprint density at radius 1 is 1.24 bits per heavy atom. The molecule has 0 amide bonds. The van der Waals surface area contributed by atoms with Crippen LogP contribution in [0.15, 0.2) is 36.4 Å². The normalized spacial score (nSPS) is 11.5. The zero-order valence-electron chi connectivity index (χ0n) is 13.3. The average Bonchev–Trinajstić information content (AvgIpc) is 2.56. The minimum absolute atomic E-state index is 0.116. The first-order chi connectivity index (χ1) is 11.8. The molecule has 0 fully saturated rings. The second-order valence-electron chi connectivity index (χ2n) is 5.00. The lowest BCUT2D eigenvalue weighted by Gasteiger charge is -2.14. The van der Waals surface area contributed by atoms with Gasteiger partial charge in [0, 0.05) is 17.2 Å². The van der Waals surface area contributed by atoms with Crippen molar-refractivity contribution < 1.29 is 19.2 Å². The zero-order chi connectivity index (χ0) is 18.6. The van der Waals surface area contributed by atoms with Crippen molar-refractivity contribution in [3.05, 3.63) is 56.6 Å². The van der Waals surface area contributed by atoms with Crippen LogP contribution in [-0.4, -0.2) is 24.0 Å². The van der Waals surface area contributed by atoms with E-state index in [9.17, 15) is 14.9 Å². The van der Waals surface area contributed by atoms with Crippen LogP contribution in [0.25, 0.3) is 0 Å². The number of nitro benzene ring substituents is 1. The topological polar surface area (TPSA) is 90.7 Å². The number of carbonyl (C=O) groups is 1. The number of rotatable bonds is 6. The van der Waals surface area contributed by atoms with Crippen molar-refractivity contribution in [3.8, 4) is 11.5 Å². The first-order valence-electron chi connectivity index (χ1n) is 7.07. The molecule has 2 aromatic carbocycles. The van der Waals surface area contributed by atoms with Crippen LogP contribution in [0.5, 0.6) is 11.5 Å². The van der Waals surface area contributed by atoms with E-state index in [1.807, 2.05) is 0 Å². The van der Waals surface area contributed by atoms with Gasteiger partial charge < -0.3 is 14.8 Å². The Labute approximate surface area is 153 Å². The minimum Gasteiger partial charge on any atom is -0.467 e. The lowest BCUT2D eigenvalue weighted by molar-refractivity contribution is -0.384. The SMILES string of the molecule is COC(=O)C(C)Nc1cc(Oc2ccc(Cl)cc2Cl)ccc1[N+](=O)[O-]. The Kier molecular flexibility index (Phi) is 6.06. The second kappa shape index (κ2) is 8.04. The van der Waals surface area contributed by atoms with E-state index in [1.54, 1.807) is 12.1 Å². The fourth-order valence-corrected chi connectivity index (χ4v) is 2.45. The van der Waals surface area contributed by atoms with Gasteiger partial charge in [-0.3, -0.25) is 10.1 Å². The molecular formula is C16H14Cl2N2O5. The summed E-state index contributed by atoms with van der Waals surface area (Å²) < 4.78 is 10.2. The summed E-state index contributed by atoms with van der Waals surface area (Å²) in [6.45, 7) is 1.53. The maximum atomic E-state index is 11.5. The molecule has 2 aromatic rings. The summed E-state index contributed by atoms with van der Waals surface area (Å²) in [6, 6.07) is 8.02. The van der Waals surface area contributed by atoms with Crippen LogP contribution in [-0.2, 0) is 9.53 Å². The van der Waals surface area contributed by atoms with Gasteiger partial charge in [-0.05, 0) is 31.2 Å². The van der Waals surface area contributed by atoms with Gasteiger partial charge in [0.2, 0.25) is 0 Å². The van der Waals surface area contributed by atoms with E-state index in [4.69, 9.17) is 27.9 Å². The van der Waals surface area contributed by atoms with Gasteiger partial charge in [-0.2, -0.15) is 0 Å². The smallest absolute Gasteiger partial charge is 0.327 e. The van der Waals surface area contributed by atoms with E-state index < -0.39 is 16.9 Å². The molecule has 1 N–H and O–H groups in total. The Morgan fingerprint density at radius 3 is 2.56 bits per heavy atom. The number of nitrogens with one attached hydrogen (secondary N) is 1. The minimum atomic E-state index is -0.780. The molecule has 0 saturated heterocycles. The largest absolute Gasteiger partial charge is 0.467 e. The summed E-state index contributed by atoms with van der Waals surface area (Å²) in [7, 11) is 1.23. The third kappa shape index (κ3) is 4.74. The molecule has 25 heavy (non-hydrogen) atoms. The summed E-state index contributed by atoms with van der Waals surface area (Å²) in [4.78, 5) is 22.1. The van der Waals surface area contributed by atoms with E-state index in [2.05, 4.69) is 10.1 Å². The first kappa shape index (κ1) is 18.8. The lowest BCUT2D eigenvalue weighted by Crippen LogP contribution is -2.27. The first-order valence-corrected chi connectivity index (χ1v) is 7.83. The molecule has 0 bridgehead atoms. The van der Waals surface area contributed by atoms with Crippen LogP contribution in [0, 0.1) is 10.1 Å². The summed E-state index contributed by atoms with van der Waals surface area (Å²) in [5, 5.41) is 14.7. The van der Waals surface area contributed by atoms with Crippen LogP contribution < -0.4 is 10.1 Å². The maximum absolute atomic E-state index is 11.5. The lowest BCUT2D eigenvalue weighted by atomic mass is 10.2. The number of hydrogen-bond acceptors (Lipinski definition) is 6. The van der Waals surface area contributed by atoms with E-state index in [1.165, 1.54) is 38.3 Å². The summed E-state index contributed by atoms with van der Waals surface area (Å²) in [5.74, 6) is 0.0858. The highest BCUT2D eigenvalue weighted by Crippen LogP contribution is 2.35. The van der Waals surface area contributed by atoms with E-state index >= 15 is 0 Å². The monoisotopic (exact) mass is 384 g/mol. The summed E-state index contributed by atoms with van der Waals surface area (Å²) in [6.07, 6.45) is 0. The molecule has 7 nitrogen and oxygen atoms in total. The number of anilines is 1. The molecule has 0 aliphatic rings. The standard InChI is InChI=1S/C16H14Cl2N2O5/c1-9(16(21)24-2)19-13-8-11(4-5-14(13)20(22)23)25-15-6-3-10(17)7-12(15)18/h3-9,19H,1-2H3. The average molecular weight is 385 g/mol. The molecule has 0 aromatic heterocycles. The van der Waals surface area contributed by atoms with Crippen molar-refractivity contribution in [1.82, 2.24) is 0 Å². The molecule has 0 spiro atoms. The quantitative estimate of drug-likeness (QED) is 0.442. The second-order valence-corrected chi connectivity index (χ2v) is 5.85. The highest BCUT2D eigenvalue weighted by atomic mass is 35.5. The molecule has 132 valence electrons. The number of nitro groups is 1. The zero-order valence-corrected chi connectivity index (χ0v) is 14.8. The number of benzene rings is 2. The van der Waals surface area contributed by atoms with Gasteiger partial charge in [0.25, 0.3) is 5.69 Å². The van der Waals surface area contributed by atoms with Crippen molar-refractivity contribution in [2.45, 2.75) is 13.0 Å². The van der Waals surface area contributed by atoms with Crippen molar-refractivity contribution in [2.24, 2.45) is 0 Å². The Bertz CT molecular complexity index is 813. The molecule has 0 aliphatic heterocycles. The van der Waals surface area contributed by atoms with Gasteiger partial charge in [-0.25, -0.2) is 4.79 Å². The van der Waals surface area contributed by atoms with Gasteiger partial charge >= 0.3 is 5.97 Å². The predicted molar refractivity (Wildman–Crippen MR) is 94.7 cm³/mol. The van der Waals surface area contributed by atoms with Crippen molar-refractivity contribution in [1.29, 1.82) is 0 Å². The van der Waals surface area contributed by atoms with Gasteiger partial charge in [0.05, 0.1) is 17.1 Å². The summed E-state index contributed by atoms with van der Waals surface area (Å²) in [5.41, 5.74) is -0.0872. The molecule has 1 atom stereocenters. The van der Waals surface area contributed by atoms with E-state index in [0.29, 0.717) is 21.5 Å². The number of hydrogen-bond donors (Lipinski definition) is 1. The number of halogens is 2. The Balaban J connectivity index is 2.32. The van der Waals surface area contributed by atoms with Crippen LogP contribution >= 0.6 is 23.2 Å². The molecular weight excluding hydrogens is 371 g/mol. The molecule has 1 unspecified atom stereocenters. The van der Waals surface area contributed by atoms with E-state index in [-0.39, 0.29) is 11.4 Å². The van der Waals surface area contributed by atoms with Crippen LogP contribution in [0.1, 0.15) is 6.92 Å². The van der Waals surface area contributed by atoms with Crippen LogP contribution in [0.3, 0.4) is 0 Å². The number of nitrogens with zero attached hydrogens (tertiary/aromatic N) is 1. The van der Waals surface area contributed by atoms with E-state index in [0.717, 1.165) is 0 Å². The molecule has 0 saturated carbocycles. The fourth-order valence-electron chi connectivity index (χ4n) is 2.01. The number of methoxy groups -OCH3 is 1. The van der Waals surface area contributed by atoms with Gasteiger partial charge in [0.1, 0.15) is 23.2 Å². The highest BCUT2D eigenvalue weighted by molar-refractivity contribution is 6.35. The third-order valence-electron chi connectivity index (χ3n) is 3.21. The maximum Gasteiger partial charge on any atom is 0.327 e. The molecule has 2 rings (SSSR count). The highest BCUT2D eigenvalue weighted by Gasteiger charge is 2.20. The van der Waals surface area contributed by atoms with Crippen molar-refractivity contribution in [2.75, 3.05) is 12.4 Å². The molecule has 9 heteroatoms. The van der Waals surface area contributed by atoms with Crippen molar-refractivity contribution in [3.63, 3.8) is 0 Å². The molecule has 0 radical (unpaired) electrons. The summed E-state index contributed by atoms with van der Waals surface area (Å²) >= 11 is 11.9. The predicted octanol–water partition coefficient (Wildman–Crippen LogP) is 4.67. The number of ether oxygens (including phenoxy) is 2.